The van der Waals surface area contributed by atoms with E-state index in [0.717, 1.165) is 10.9 Å². The quantitative estimate of drug-likeness (QED) is 0.673. The van der Waals surface area contributed by atoms with Gasteiger partial charge in [-0.25, -0.2) is 4.79 Å². The van der Waals surface area contributed by atoms with Crippen LogP contribution >= 0.6 is 9.24 Å². The number of carbonyl (C=O) groups excluding carboxylic acids is 2. The van der Waals surface area contributed by atoms with Crippen LogP contribution in [-0.4, -0.2) is 39.6 Å². The Kier molecular flexibility index (Phi) is 4.58. The van der Waals surface area contributed by atoms with Gasteiger partial charge in [0.25, 0.3) is 5.91 Å². The standard InChI is InChI=1S/C17H19N2O4P/c1-2-23-17(22)13-10-18-7-8-19(16(21)14(18)15(13)20)9-11-3-5-12(24)6-4-11/h3-6,10,20H,2,7-9,24H2,1H3. The van der Waals surface area contributed by atoms with Gasteiger partial charge in [-0.1, -0.05) is 24.3 Å². The summed E-state index contributed by atoms with van der Waals surface area (Å²) in [5, 5.41) is 11.4. The summed E-state index contributed by atoms with van der Waals surface area (Å²) in [7, 11) is 2.62. The zero-order valence-corrected chi connectivity index (χ0v) is 14.5. The maximum atomic E-state index is 12.7. The van der Waals surface area contributed by atoms with Crippen molar-refractivity contribution in [1.29, 1.82) is 0 Å². The molecule has 0 aliphatic carbocycles. The molecule has 1 aliphatic rings. The molecule has 1 amide bonds. The number of fused-ring (bicyclic) bond motifs is 1. The molecule has 0 radical (unpaired) electrons. The largest absolute Gasteiger partial charge is 0.505 e. The Hall–Kier alpha value is -2.33. The molecule has 1 N–H and O–H groups in total. The fraction of sp³-hybridized carbons (Fsp3) is 0.294. The lowest BCUT2D eigenvalue weighted by molar-refractivity contribution is 0.0523. The number of esters is 1. The Morgan fingerprint density at radius 2 is 2.00 bits per heavy atom. The lowest BCUT2D eigenvalue weighted by atomic mass is 10.2. The van der Waals surface area contributed by atoms with Gasteiger partial charge in [0.1, 0.15) is 5.56 Å². The minimum Gasteiger partial charge on any atom is -0.505 e. The molecule has 0 saturated heterocycles. The fourth-order valence-corrected chi connectivity index (χ4v) is 2.97. The van der Waals surface area contributed by atoms with E-state index in [1.165, 1.54) is 6.20 Å². The molecule has 7 heteroatoms. The molecule has 1 aromatic carbocycles. The summed E-state index contributed by atoms with van der Waals surface area (Å²) >= 11 is 0. The van der Waals surface area contributed by atoms with E-state index in [1.54, 1.807) is 16.4 Å². The maximum Gasteiger partial charge on any atom is 0.343 e. The summed E-state index contributed by atoms with van der Waals surface area (Å²) in [6, 6.07) is 7.86. The number of aromatic hydroxyl groups is 1. The molecule has 3 rings (SSSR count). The maximum absolute atomic E-state index is 12.7. The van der Waals surface area contributed by atoms with Gasteiger partial charge in [0, 0.05) is 25.8 Å². The average molecular weight is 346 g/mol. The molecule has 1 unspecified atom stereocenters. The second kappa shape index (κ2) is 6.65. The molecule has 6 nitrogen and oxygen atoms in total. The average Bonchev–Trinajstić information content (AvgIpc) is 2.90. The number of benzene rings is 1. The first-order valence-electron chi connectivity index (χ1n) is 7.74. The van der Waals surface area contributed by atoms with Crippen LogP contribution in [0.15, 0.2) is 30.5 Å². The molecular formula is C17H19N2O4P. The Balaban J connectivity index is 1.84. The Morgan fingerprint density at radius 1 is 1.29 bits per heavy atom. The summed E-state index contributed by atoms with van der Waals surface area (Å²) < 4.78 is 6.53. The minimum absolute atomic E-state index is 0.0365. The lowest BCUT2D eigenvalue weighted by Gasteiger charge is -2.28. The third-order valence-electron chi connectivity index (χ3n) is 4.00. The SMILES string of the molecule is CCOC(=O)c1cn2c(c1O)C(=O)N(Cc1ccc(P)cc1)CC2. The van der Waals surface area contributed by atoms with Crippen LogP contribution in [0.5, 0.6) is 5.75 Å². The molecule has 1 atom stereocenters. The van der Waals surface area contributed by atoms with E-state index < -0.39 is 5.97 Å². The number of amides is 1. The zero-order chi connectivity index (χ0) is 17.3. The number of ether oxygens (including phenoxy) is 1. The first kappa shape index (κ1) is 16.5. The van der Waals surface area contributed by atoms with E-state index >= 15 is 0 Å². The van der Waals surface area contributed by atoms with E-state index in [0.29, 0.717) is 19.6 Å². The number of carbonyl (C=O) groups is 2. The highest BCUT2D eigenvalue weighted by atomic mass is 31.0. The van der Waals surface area contributed by atoms with Crippen LogP contribution in [0, 0.1) is 0 Å². The van der Waals surface area contributed by atoms with Crippen LogP contribution in [0.25, 0.3) is 0 Å². The number of aromatic nitrogens is 1. The highest BCUT2D eigenvalue weighted by Crippen LogP contribution is 2.30. The fourth-order valence-electron chi connectivity index (χ4n) is 2.78. The third-order valence-corrected chi connectivity index (χ3v) is 4.39. The molecule has 1 aromatic heterocycles. The smallest absolute Gasteiger partial charge is 0.343 e. The third kappa shape index (κ3) is 3.02. The normalized spacial score (nSPS) is 13.8. The topological polar surface area (TPSA) is 71.8 Å². The van der Waals surface area contributed by atoms with Gasteiger partial charge < -0.3 is 19.3 Å². The monoisotopic (exact) mass is 346 g/mol. The first-order chi connectivity index (χ1) is 11.5. The van der Waals surface area contributed by atoms with Crippen LogP contribution in [0.1, 0.15) is 33.3 Å². The molecule has 0 bridgehead atoms. The Bertz CT molecular complexity index is 783. The van der Waals surface area contributed by atoms with Crippen molar-refractivity contribution in [3.63, 3.8) is 0 Å². The molecule has 1 aliphatic heterocycles. The number of hydrogen-bond acceptors (Lipinski definition) is 4. The molecule has 0 spiro atoms. The highest BCUT2D eigenvalue weighted by Gasteiger charge is 2.32. The summed E-state index contributed by atoms with van der Waals surface area (Å²) in [5.41, 5.74) is 1.20. The summed E-state index contributed by atoms with van der Waals surface area (Å²) in [6.07, 6.45) is 1.49. The molecule has 126 valence electrons. The highest BCUT2D eigenvalue weighted by molar-refractivity contribution is 7.27. The van der Waals surface area contributed by atoms with Crippen molar-refractivity contribution in [3.8, 4) is 5.75 Å². The van der Waals surface area contributed by atoms with Crippen molar-refractivity contribution < 1.29 is 19.4 Å². The Labute approximate surface area is 142 Å². The van der Waals surface area contributed by atoms with Crippen LogP contribution in [0.3, 0.4) is 0 Å². The second-order valence-electron chi connectivity index (χ2n) is 5.62. The number of hydrogen-bond donors (Lipinski definition) is 1. The van der Waals surface area contributed by atoms with Crippen molar-refractivity contribution in [3.05, 3.63) is 47.3 Å². The molecule has 0 saturated carbocycles. The van der Waals surface area contributed by atoms with E-state index in [-0.39, 0.29) is 29.5 Å². The van der Waals surface area contributed by atoms with Crippen molar-refractivity contribution in [1.82, 2.24) is 9.47 Å². The molecular weight excluding hydrogens is 327 g/mol. The second-order valence-corrected chi connectivity index (χ2v) is 6.29. The predicted octanol–water partition coefficient (Wildman–Crippen LogP) is 1.53. The van der Waals surface area contributed by atoms with Gasteiger partial charge >= 0.3 is 5.97 Å². The summed E-state index contributed by atoms with van der Waals surface area (Å²) in [6.45, 7) is 3.41. The zero-order valence-electron chi connectivity index (χ0n) is 13.4. The van der Waals surface area contributed by atoms with E-state index in [4.69, 9.17) is 4.74 Å². The summed E-state index contributed by atoms with van der Waals surface area (Å²) in [4.78, 5) is 26.2. The molecule has 24 heavy (non-hydrogen) atoms. The number of nitrogens with zero attached hydrogens (tertiary/aromatic N) is 2. The van der Waals surface area contributed by atoms with Gasteiger partial charge in [-0.3, -0.25) is 4.79 Å². The van der Waals surface area contributed by atoms with Crippen molar-refractivity contribution in [2.45, 2.75) is 20.0 Å². The van der Waals surface area contributed by atoms with Gasteiger partial charge in [0.05, 0.1) is 6.61 Å². The van der Waals surface area contributed by atoms with Gasteiger partial charge in [0.15, 0.2) is 11.4 Å². The van der Waals surface area contributed by atoms with Crippen molar-refractivity contribution in [2.24, 2.45) is 0 Å². The van der Waals surface area contributed by atoms with Crippen molar-refractivity contribution in [2.75, 3.05) is 13.2 Å². The van der Waals surface area contributed by atoms with Gasteiger partial charge in [-0.05, 0) is 17.8 Å². The summed E-state index contributed by atoms with van der Waals surface area (Å²) in [5.74, 6) is -1.21. The van der Waals surface area contributed by atoms with Crippen LogP contribution in [0.4, 0.5) is 0 Å². The van der Waals surface area contributed by atoms with Crippen LogP contribution in [-0.2, 0) is 17.8 Å². The van der Waals surface area contributed by atoms with Crippen LogP contribution < -0.4 is 5.30 Å². The Morgan fingerprint density at radius 3 is 2.67 bits per heavy atom. The van der Waals surface area contributed by atoms with Gasteiger partial charge in [0.2, 0.25) is 0 Å². The van der Waals surface area contributed by atoms with E-state index in [9.17, 15) is 14.7 Å². The predicted molar refractivity (Wildman–Crippen MR) is 92.6 cm³/mol. The molecule has 0 fully saturated rings. The first-order valence-corrected chi connectivity index (χ1v) is 8.32. The van der Waals surface area contributed by atoms with Crippen LogP contribution in [0.2, 0.25) is 0 Å². The van der Waals surface area contributed by atoms with E-state index in [2.05, 4.69) is 9.24 Å². The molecule has 2 heterocycles. The van der Waals surface area contributed by atoms with Gasteiger partial charge in [-0.2, -0.15) is 0 Å². The van der Waals surface area contributed by atoms with E-state index in [1.807, 2.05) is 24.3 Å². The lowest BCUT2D eigenvalue weighted by Crippen LogP contribution is -2.39. The van der Waals surface area contributed by atoms with Gasteiger partial charge in [-0.15, -0.1) is 9.24 Å². The minimum atomic E-state index is -0.618. The number of rotatable bonds is 4. The molecule has 2 aromatic rings. The van der Waals surface area contributed by atoms with Crippen molar-refractivity contribution >= 4 is 26.4 Å².